The lowest BCUT2D eigenvalue weighted by molar-refractivity contribution is -0.157. The predicted molar refractivity (Wildman–Crippen MR) is 80.9 cm³/mol. The summed E-state index contributed by atoms with van der Waals surface area (Å²) in [5, 5.41) is 9.72. The van der Waals surface area contributed by atoms with Gasteiger partial charge in [0.2, 0.25) is 0 Å². The van der Waals surface area contributed by atoms with Gasteiger partial charge in [0.15, 0.2) is 0 Å². The molecule has 4 heteroatoms. The lowest BCUT2D eigenvalue weighted by Gasteiger charge is -2.41. The number of hydrogen-bond acceptors (Lipinski definition) is 3. The molecular weight excluding hydrogens is 254 g/mol. The van der Waals surface area contributed by atoms with Gasteiger partial charge in [-0.25, -0.2) is 0 Å². The maximum Gasteiger partial charge on any atom is 0.311 e. The second-order valence-corrected chi connectivity index (χ2v) is 6.49. The SMILES string of the molecule is CCC(CC)N(CC(C)C)CC1(C(=O)O)CCOCC1. The van der Waals surface area contributed by atoms with Crippen molar-refractivity contribution >= 4 is 5.97 Å². The van der Waals surface area contributed by atoms with E-state index >= 15 is 0 Å². The molecule has 0 atom stereocenters. The standard InChI is InChI=1S/C16H31NO3/c1-5-14(6-2)17(11-13(3)4)12-16(15(18)19)7-9-20-10-8-16/h13-14H,5-12H2,1-4H3,(H,18,19). The van der Waals surface area contributed by atoms with Gasteiger partial charge in [0.05, 0.1) is 5.41 Å². The number of carboxylic acid groups (broad SMARTS) is 1. The summed E-state index contributed by atoms with van der Waals surface area (Å²) in [7, 11) is 0. The van der Waals surface area contributed by atoms with Crippen LogP contribution in [0.3, 0.4) is 0 Å². The number of carboxylic acids is 1. The van der Waals surface area contributed by atoms with Crippen molar-refractivity contribution in [1.82, 2.24) is 4.90 Å². The van der Waals surface area contributed by atoms with E-state index in [9.17, 15) is 9.90 Å². The molecule has 0 aromatic heterocycles. The van der Waals surface area contributed by atoms with Crippen LogP contribution in [0.2, 0.25) is 0 Å². The summed E-state index contributed by atoms with van der Waals surface area (Å²) < 4.78 is 5.37. The van der Waals surface area contributed by atoms with Crippen LogP contribution in [0.5, 0.6) is 0 Å². The molecule has 0 saturated carbocycles. The monoisotopic (exact) mass is 285 g/mol. The molecule has 0 radical (unpaired) electrons. The molecule has 1 rings (SSSR count). The fourth-order valence-electron chi connectivity index (χ4n) is 3.21. The van der Waals surface area contributed by atoms with Crippen molar-refractivity contribution in [2.45, 2.75) is 59.4 Å². The van der Waals surface area contributed by atoms with E-state index in [0.717, 1.165) is 19.4 Å². The highest BCUT2D eigenvalue weighted by molar-refractivity contribution is 5.75. The van der Waals surface area contributed by atoms with Crippen LogP contribution in [0.4, 0.5) is 0 Å². The number of rotatable bonds is 8. The molecular formula is C16H31NO3. The lowest BCUT2D eigenvalue weighted by atomic mass is 9.79. The summed E-state index contributed by atoms with van der Waals surface area (Å²) in [6.07, 6.45) is 3.43. The smallest absolute Gasteiger partial charge is 0.311 e. The van der Waals surface area contributed by atoms with E-state index < -0.39 is 11.4 Å². The zero-order chi connectivity index (χ0) is 15.2. The minimum Gasteiger partial charge on any atom is -0.481 e. The zero-order valence-electron chi connectivity index (χ0n) is 13.5. The van der Waals surface area contributed by atoms with Gasteiger partial charge in [0.1, 0.15) is 0 Å². The predicted octanol–water partition coefficient (Wildman–Crippen LogP) is 3.01. The maximum absolute atomic E-state index is 11.8. The van der Waals surface area contributed by atoms with Gasteiger partial charge in [-0.1, -0.05) is 27.7 Å². The van der Waals surface area contributed by atoms with Crippen molar-refractivity contribution in [2.24, 2.45) is 11.3 Å². The van der Waals surface area contributed by atoms with Crippen molar-refractivity contribution in [3.63, 3.8) is 0 Å². The van der Waals surface area contributed by atoms with Crippen LogP contribution >= 0.6 is 0 Å². The van der Waals surface area contributed by atoms with Gasteiger partial charge in [-0.3, -0.25) is 9.69 Å². The van der Waals surface area contributed by atoms with Gasteiger partial charge in [0.25, 0.3) is 0 Å². The molecule has 4 nitrogen and oxygen atoms in total. The van der Waals surface area contributed by atoms with E-state index in [2.05, 4.69) is 32.6 Å². The first-order valence-electron chi connectivity index (χ1n) is 8.00. The van der Waals surface area contributed by atoms with Crippen LogP contribution in [0.25, 0.3) is 0 Å². The Morgan fingerprint density at radius 3 is 2.20 bits per heavy atom. The molecule has 0 aromatic rings. The fourth-order valence-corrected chi connectivity index (χ4v) is 3.21. The van der Waals surface area contributed by atoms with Gasteiger partial charge in [-0.05, 0) is 31.6 Å². The van der Waals surface area contributed by atoms with E-state index in [0.29, 0.717) is 44.6 Å². The van der Waals surface area contributed by atoms with Crippen LogP contribution in [0, 0.1) is 11.3 Å². The molecule has 0 unspecified atom stereocenters. The second kappa shape index (κ2) is 7.99. The highest BCUT2D eigenvalue weighted by Gasteiger charge is 2.42. The minimum atomic E-state index is -0.652. The molecule has 0 bridgehead atoms. The van der Waals surface area contributed by atoms with Crippen LogP contribution < -0.4 is 0 Å². The molecule has 0 aromatic carbocycles. The number of hydrogen-bond donors (Lipinski definition) is 1. The summed E-state index contributed by atoms with van der Waals surface area (Å²) in [5.41, 5.74) is -0.615. The summed E-state index contributed by atoms with van der Waals surface area (Å²) in [6.45, 7) is 11.6. The van der Waals surface area contributed by atoms with Crippen LogP contribution in [0.15, 0.2) is 0 Å². The van der Waals surface area contributed by atoms with Crippen molar-refractivity contribution in [2.75, 3.05) is 26.3 Å². The Labute approximate surface area is 123 Å². The topological polar surface area (TPSA) is 49.8 Å². The maximum atomic E-state index is 11.8. The largest absolute Gasteiger partial charge is 0.481 e. The summed E-state index contributed by atoms with van der Waals surface area (Å²) >= 11 is 0. The molecule has 1 fully saturated rings. The van der Waals surface area contributed by atoms with Crippen LogP contribution in [0.1, 0.15) is 53.4 Å². The average molecular weight is 285 g/mol. The number of aliphatic carboxylic acids is 1. The number of nitrogens with zero attached hydrogens (tertiary/aromatic N) is 1. The molecule has 0 amide bonds. The normalized spacial score (nSPS) is 18.9. The molecule has 1 aliphatic rings. The van der Waals surface area contributed by atoms with Crippen molar-refractivity contribution in [1.29, 1.82) is 0 Å². The second-order valence-electron chi connectivity index (χ2n) is 6.49. The molecule has 1 aliphatic heterocycles. The van der Waals surface area contributed by atoms with Gasteiger partial charge in [-0.2, -0.15) is 0 Å². The lowest BCUT2D eigenvalue weighted by Crippen LogP contribution is -2.50. The van der Waals surface area contributed by atoms with Crippen LogP contribution in [-0.4, -0.2) is 48.3 Å². The van der Waals surface area contributed by atoms with Gasteiger partial charge >= 0.3 is 5.97 Å². The van der Waals surface area contributed by atoms with E-state index in [1.807, 2.05) is 0 Å². The summed E-state index contributed by atoms with van der Waals surface area (Å²) in [4.78, 5) is 14.2. The Morgan fingerprint density at radius 2 is 1.80 bits per heavy atom. The Kier molecular flexibility index (Phi) is 6.96. The first-order valence-corrected chi connectivity index (χ1v) is 8.00. The summed E-state index contributed by atoms with van der Waals surface area (Å²) in [5.74, 6) is -0.0956. The van der Waals surface area contributed by atoms with Crippen LogP contribution in [-0.2, 0) is 9.53 Å². The molecule has 0 aliphatic carbocycles. The number of ether oxygens (including phenoxy) is 1. The average Bonchev–Trinajstić information content (AvgIpc) is 2.40. The Bertz CT molecular complexity index is 294. The Balaban J connectivity index is 2.86. The quantitative estimate of drug-likeness (QED) is 0.745. The molecule has 20 heavy (non-hydrogen) atoms. The molecule has 0 spiro atoms. The van der Waals surface area contributed by atoms with Crippen molar-refractivity contribution < 1.29 is 14.6 Å². The highest BCUT2D eigenvalue weighted by atomic mass is 16.5. The molecule has 1 saturated heterocycles. The van der Waals surface area contributed by atoms with Gasteiger partial charge < -0.3 is 9.84 Å². The first kappa shape index (κ1) is 17.4. The zero-order valence-corrected chi connectivity index (χ0v) is 13.5. The first-order chi connectivity index (χ1) is 9.45. The highest BCUT2D eigenvalue weighted by Crippen LogP contribution is 2.33. The Morgan fingerprint density at radius 1 is 1.25 bits per heavy atom. The fraction of sp³-hybridized carbons (Fsp3) is 0.938. The van der Waals surface area contributed by atoms with Crippen molar-refractivity contribution in [3.8, 4) is 0 Å². The molecule has 1 N–H and O–H groups in total. The Hall–Kier alpha value is -0.610. The minimum absolute atomic E-state index is 0.483. The van der Waals surface area contributed by atoms with Gasteiger partial charge in [-0.15, -0.1) is 0 Å². The van der Waals surface area contributed by atoms with E-state index in [1.165, 1.54) is 0 Å². The third-order valence-corrected chi connectivity index (χ3v) is 4.47. The molecule has 118 valence electrons. The molecule has 1 heterocycles. The van der Waals surface area contributed by atoms with E-state index in [-0.39, 0.29) is 0 Å². The third-order valence-electron chi connectivity index (χ3n) is 4.47. The van der Waals surface area contributed by atoms with Crippen molar-refractivity contribution in [3.05, 3.63) is 0 Å². The van der Waals surface area contributed by atoms with Gasteiger partial charge in [0, 0.05) is 32.3 Å². The van der Waals surface area contributed by atoms with E-state index in [1.54, 1.807) is 0 Å². The van der Waals surface area contributed by atoms with E-state index in [4.69, 9.17) is 4.74 Å². The third kappa shape index (κ3) is 4.45. The number of carbonyl (C=O) groups is 1. The summed E-state index contributed by atoms with van der Waals surface area (Å²) in [6, 6.07) is 0.483.